The lowest BCUT2D eigenvalue weighted by Crippen LogP contribution is -2.39. The van der Waals surface area contributed by atoms with Gasteiger partial charge in [-0.3, -0.25) is 0 Å². The maximum absolute atomic E-state index is 6.12. The van der Waals surface area contributed by atoms with Gasteiger partial charge >= 0.3 is 0 Å². The fraction of sp³-hybridized carbons (Fsp3) is 0.571. The molecule has 0 aliphatic rings. The molecule has 96 valence electrons. The van der Waals surface area contributed by atoms with E-state index < -0.39 is 0 Å². The van der Waals surface area contributed by atoms with Gasteiger partial charge in [-0.25, -0.2) is 0 Å². The van der Waals surface area contributed by atoms with E-state index in [4.69, 9.17) is 11.6 Å². The van der Waals surface area contributed by atoms with Crippen LogP contribution in [0.2, 0.25) is 5.02 Å². The quantitative estimate of drug-likeness (QED) is 0.794. The number of benzene rings is 1. The van der Waals surface area contributed by atoms with E-state index in [1.165, 1.54) is 4.90 Å². The van der Waals surface area contributed by atoms with Crippen LogP contribution in [-0.2, 0) is 0 Å². The van der Waals surface area contributed by atoms with Crippen LogP contribution in [0.5, 0.6) is 0 Å². The first-order valence-corrected chi connectivity index (χ1v) is 7.37. The van der Waals surface area contributed by atoms with Crippen LogP contribution < -0.4 is 5.32 Å². The summed E-state index contributed by atoms with van der Waals surface area (Å²) in [6.45, 7) is 9.90. The molecule has 1 nitrogen and oxygen atoms in total. The zero-order valence-electron chi connectivity index (χ0n) is 11.1. The fourth-order valence-corrected chi connectivity index (χ4v) is 2.60. The van der Waals surface area contributed by atoms with Crippen LogP contribution in [-0.4, -0.2) is 17.8 Å². The molecule has 1 aromatic carbocycles. The van der Waals surface area contributed by atoms with Gasteiger partial charge in [-0.1, -0.05) is 30.7 Å². The lowest BCUT2D eigenvalue weighted by molar-refractivity contribution is 0.395. The summed E-state index contributed by atoms with van der Waals surface area (Å²) in [5, 5.41) is 4.38. The summed E-state index contributed by atoms with van der Waals surface area (Å²) in [6, 6.07) is 8.03. The highest BCUT2D eigenvalue weighted by atomic mass is 35.5. The van der Waals surface area contributed by atoms with Gasteiger partial charge in [-0.15, -0.1) is 11.8 Å². The Morgan fingerprint density at radius 1 is 1.29 bits per heavy atom. The standard InChI is InChI=1S/C14H22ClNS/c1-11(9-16-14(2,3)4)10-17-13-8-6-5-7-12(13)15/h5-8,11,16H,9-10H2,1-4H3. The Kier molecular flexibility index (Phi) is 5.84. The molecule has 3 heteroatoms. The number of halogens is 1. The summed E-state index contributed by atoms with van der Waals surface area (Å²) in [7, 11) is 0. The van der Waals surface area contributed by atoms with Gasteiger partial charge in [-0.05, 0) is 45.4 Å². The molecule has 17 heavy (non-hydrogen) atoms. The molecule has 0 radical (unpaired) electrons. The minimum Gasteiger partial charge on any atom is -0.312 e. The van der Waals surface area contributed by atoms with Crippen molar-refractivity contribution in [2.45, 2.75) is 38.1 Å². The highest BCUT2D eigenvalue weighted by Gasteiger charge is 2.11. The molecule has 0 aliphatic carbocycles. The van der Waals surface area contributed by atoms with Crippen molar-refractivity contribution in [3.05, 3.63) is 29.3 Å². The van der Waals surface area contributed by atoms with Crippen LogP contribution in [0.4, 0.5) is 0 Å². The maximum atomic E-state index is 6.12. The Morgan fingerprint density at radius 3 is 2.53 bits per heavy atom. The molecule has 1 rings (SSSR count). The van der Waals surface area contributed by atoms with Crippen molar-refractivity contribution in [1.29, 1.82) is 0 Å². The third-order valence-corrected chi connectivity index (χ3v) is 4.19. The molecular weight excluding hydrogens is 250 g/mol. The Balaban J connectivity index is 2.34. The van der Waals surface area contributed by atoms with E-state index in [9.17, 15) is 0 Å². The average Bonchev–Trinajstić information content (AvgIpc) is 2.24. The second-order valence-electron chi connectivity index (χ2n) is 5.48. The number of hydrogen-bond acceptors (Lipinski definition) is 2. The minimum absolute atomic E-state index is 0.198. The van der Waals surface area contributed by atoms with Crippen LogP contribution >= 0.6 is 23.4 Å². The number of nitrogens with one attached hydrogen (secondary N) is 1. The van der Waals surface area contributed by atoms with Crippen molar-refractivity contribution < 1.29 is 0 Å². The summed E-state index contributed by atoms with van der Waals surface area (Å²) >= 11 is 7.95. The lowest BCUT2D eigenvalue weighted by atomic mass is 10.1. The summed E-state index contributed by atoms with van der Waals surface area (Å²) in [5.74, 6) is 1.72. The van der Waals surface area contributed by atoms with Gasteiger partial charge in [0, 0.05) is 16.2 Å². The number of hydrogen-bond donors (Lipinski definition) is 1. The second kappa shape index (κ2) is 6.67. The summed E-state index contributed by atoms with van der Waals surface area (Å²) in [4.78, 5) is 1.18. The van der Waals surface area contributed by atoms with Gasteiger partial charge in [0.1, 0.15) is 0 Å². The van der Waals surface area contributed by atoms with Gasteiger partial charge in [0.2, 0.25) is 0 Å². The van der Waals surface area contributed by atoms with Crippen molar-refractivity contribution in [3.63, 3.8) is 0 Å². The molecule has 0 amide bonds. The van der Waals surface area contributed by atoms with Crippen molar-refractivity contribution in [3.8, 4) is 0 Å². The van der Waals surface area contributed by atoms with E-state index in [-0.39, 0.29) is 5.54 Å². The highest BCUT2D eigenvalue weighted by Crippen LogP contribution is 2.27. The third kappa shape index (κ3) is 6.35. The van der Waals surface area contributed by atoms with Crippen LogP contribution in [0.1, 0.15) is 27.7 Å². The fourth-order valence-electron chi connectivity index (χ4n) is 1.33. The Hall–Kier alpha value is -0.180. The summed E-state index contributed by atoms with van der Waals surface area (Å²) in [6.07, 6.45) is 0. The third-order valence-electron chi connectivity index (χ3n) is 2.34. The second-order valence-corrected chi connectivity index (χ2v) is 6.95. The SMILES string of the molecule is CC(CNC(C)(C)C)CSc1ccccc1Cl. The zero-order valence-corrected chi connectivity index (χ0v) is 12.7. The molecule has 0 bridgehead atoms. The normalized spacial score (nSPS) is 13.7. The summed E-state index contributed by atoms with van der Waals surface area (Å²) < 4.78 is 0. The molecule has 0 aliphatic heterocycles. The number of thioether (sulfide) groups is 1. The van der Waals surface area contributed by atoms with Crippen molar-refractivity contribution in [2.24, 2.45) is 5.92 Å². The zero-order chi connectivity index (χ0) is 12.9. The van der Waals surface area contributed by atoms with Crippen LogP contribution in [0.3, 0.4) is 0 Å². The van der Waals surface area contributed by atoms with E-state index >= 15 is 0 Å². The van der Waals surface area contributed by atoms with Crippen LogP contribution in [0.25, 0.3) is 0 Å². The molecule has 0 saturated carbocycles. The first-order valence-electron chi connectivity index (χ1n) is 6.01. The monoisotopic (exact) mass is 271 g/mol. The smallest absolute Gasteiger partial charge is 0.0541 e. The van der Waals surface area contributed by atoms with E-state index in [0.29, 0.717) is 5.92 Å². The molecule has 1 aromatic rings. The van der Waals surface area contributed by atoms with Crippen LogP contribution in [0.15, 0.2) is 29.2 Å². The molecule has 0 spiro atoms. The topological polar surface area (TPSA) is 12.0 Å². The Labute approximate surface area is 114 Å². The van der Waals surface area contributed by atoms with Gasteiger partial charge in [0.05, 0.1) is 5.02 Å². The predicted molar refractivity (Wildman–Crippen MR) is 79.1 cm³/mol. The minimum atomic E-state index is 0.198. The van der Waals surface area contributed by atoms with Gasteiger partial charge in [0.15, 0.2) is 0 Å². The van der Waals surface area contributed by atoms with Crippen LogP contribution in [0, 0.1) is 5.92 Å². The van der Waals surface area contributed by atoms with Gasteiger partial charge in [0.25, 0.3) is 0 Å². The molecule has 1 unspecified atom stereocenters. The largest absolute Gasteiger partial charge is 0.312 e. The van der Waals surface area contributed by atoms with E-state index in [1.54, 1.807) is 0 Å². The molecule has 1 atom stereocenters. The van der Waals surface area contributed by atoms with E-state index in [0.717, 1.165) is 17.3 Å². The average molecular weight is 272 g/mol. The Bertz CT molecular complexity index is 346. The predicted octanol–water partition coefficient (Wildman–Crippen LogP) is 4.46. The number of rotatable bonds is 5. The highest BCUT2D eigenvalue weighted by molar-refractivity contribution is 7.99. The Morgan fingerprint density at radius 2 is 1.94 bits per heavy atom. The maximum Gasteiger partial charge on any atom is 0.0541 e. The lowest BCUT2D eigenvalue weighted by Gasteiger charge is -2.23. The first kappa shape index (κ1) is 14.9. The molecule has 0 fully saturated rings. The van der Waals surface area contributed by atoms with Gasteiger partial charge < -0.3 is 5.32 Å². The molecule has 0 saturated heterocycles. The molecule has 0 aromatic heterocycles. The van der Waals surface area contributed by atoms with Gasteiger partial charge in [-0.2, -0.15) is 0 Å². The van der Waals surface area contributed by atoms with E-state index in [1.807, 2.05) is 30.0 Å². The molecule has 1 N–H and O–H groups in total. The van der Waals surface area contributed by atoms with Crippen molar-refractivity contribution >= 4 is 23.4 Å². The van der Waals surface area contributed by atoms with E-state index in [2.05, 4.69) is 39.1 Å². The molecule has 0 heterocycles. The first-order chi connectivity index (χ1) is 7.88. The summed E-state index contributed by atoms with van der Waals surface area (Å²) in [5.41, 5.74) is 0.198. The van der Waals surface area contributed by atoms with Crippen molar-refractivity contribution in [2.75, 3.05) is 12.3 Å². The van der Waals surface area contributed by atoms with Crippen molar-refractivity contribution in [1.82, 2.24) is 5.32 Å². The molecular formula is C14H22ClNS.